The van der Waals surface area contributed by atoms with Crippen molar-refractivity contribution < 1.29 is 9.53 Å². The number of rotatable bonds is 1. The van der Waals surface area contributed by atoms with E-state index in [-0.39, 0.29) is 11.5 Å². The number of alkyl halides is 2. The predicted octanol–water partition coefficient (Wildman–Crippen LogP) is 4.89. The molecule has 3 nitrogen and oxygen atoms in total. The van der Waals surface area contributed by atoms with Gasteiger partial charge in [0.2, 0.25) is 0 Å². The van der Waals surface area contributed by atoms with Gasteiger partial charge in [-0.2, -0.15) is 0 Å². The molecule has 1 heterocycles. The van der Waals surface area contributed by atoms with Gasteiger partial charge in [0.05, 0.1) is 5.60 Å². The summed E-state index contributed by atoms with van der Waals surface area (Å²) in [4.78, 5) is 13.5. The summed E-state index contributed by atoms with van der Waals surface area (Å²) in [5.41, 5.74) is -0.560. The summed E-state index contributed by atoms with van der Waals surface area (Å²) in [5.74, 6) is 0.710. The number of halogens is 2. The number of carbonyl (C=O) groups is 1. The Hall–Kier alpha value is 0.01000. The molecule has 3 aliphatic rings. The summed E-state index contributed by atoms with van der Waals surface area (Å²) >= 11 is 11.9. The Balaban J connectivity index is 1.94. The van der Waals surface area contributed by atoms with E-state index in [1.807, 2.05) is 4.90 Å². The molecule has 4 atom stereocenters. The third-order valence-electron chi connectivity index (χ3n) is 6.63. The first-order valence-electron chi connectivity index (χ1n) is 9.21. The van der Waals surface area contributed by atoms with E-state index < -0.39 is 10.6 Å². The van der Waals surface area contributed by atoms with Crippen LogP contribution in [0.15, 0.2) is 0 Å². The summed E-state index contributed by atoms with van der Waals surface area (Å²) in [7, 11) is 0. The molecule has 0 aromatic rings. The Morgan fingerprint density at radius 2 is 1.70 bits per heavy atom. The Bertz CT molecular complexity index is 458. The van der Waals surface area contributed by atoms with E-state index in [0.717, 1.165) is 38.6 Å². The van der Waals surface area contributed by atoms with Crippen LogP contribution in [-0.2, 0) is 9.53 Å². The summed E-state index contributed by atoms with van der Waals surface area (Å²) < 4.78 is 6.94. The van der Waals surface area contributed by atoms with E-state index in [1.165, 1.54) is 25.7 Å². The largest absolute Gasteiger partial charge is 0.348 e. The van der Waals surface area contributed by atoms with Gasteiger partial charge in [-0.1, -0.05) is 56.3 Å². The van der Waals surface area contributed by atoms with Crippen molar-refractivity contribution in [2.24, 2.45) is 11.8 Å². The standard InChI is InChI=1S/C18H29Cl2NO2/c1-13-7-3-5-9-17(13)11-12-21(16(22)15(19)20)18(23-17)10-6-4-8-14(18)2/h13-15H,3-12H2,1-2H3. The molecule has 0 bridgehead atoms. The topological polar surface area (TPSA) is 29.5 Å². The van der Waals surface area contributed by atoms with Gasteiger partial charge in [-0.3, -0.25) is 4.79 Å². The fraction of sp³-hybridized carbons (Fsp3) is 0.944. The lowest BCUT2D eigenvalue weighted by atomic mass is 9.70. The second-order valence-electron chi connectivity index (χ2n) is 7.85. The molecule has 2 saturated carbocycles. The molecule has 1 aliphatic heterocycles. The van der Waals surface area contributed by atoms with Gasteiger partial charge >= 0.3 is 0 Å². The lowest BCUT2D eigenvalue weighted by Gasteiger charge is -2.60. The molecule has 2 spiro atoms. The van der Waals surface area contributed by atoms with Crippen LogP contribution in [0.2, 0.25) is 0 Å². The quantitative estimate of drug-likeness (QED) is 0.622. The second kappa shape index (κ2) is 6.72. The van der Waals surface area contributed by atoms with E-state index >= 15 is 0 Å². The third-order valence-corrected chi connectivity index (χ3v) is 7.00. The van der Waals surface area contributed by atoms with Crippen LogP contribution in [0, 0.1) is 11.8 Å². The molecule has 5 heteroatoms. The fourth-order valence-corrected chi connectivity index (χ4v) is 5.36. The average molecular weight is 362 g/mol. The molecule has 1 saturated heterocycles. The number of amides is 1. The molecule has 1 amide bonds. The Labute approximate surface area is 150 Å². The highest BCUT2D eigenvalue weighted by Crippen LogP contribution is 2.51. The van der Waals surface area contributed by atoms with Crippen LogP contribution < -0.4 is 0 Å². The summed E-state index contributed by atoms with van der Waals surface area (Å²) in [6.07, 6.45) is 10.1. The van der Waals surface area contributed by atoms with Crippen molar-refractivity contribution in [3.05, 3.63) is 0 Å². The second-order valence-corrected chi connectivity index (χ2v) is 8.94. The fourth-order valence-electron chi connectivity index (χ4n) is 5.12. The zero-order valence-electron chi connectivity index (χ0n) is 14.3. The molecule has 0 N–H and O–H groups in total. The summed E-state index contributed by atoms with van der Waals surface area (Å²) in [6.45, 7) is 5.27. The molecular weight excluding hydrogens is 333 g/mol. The minimum Gasteiger partial charge on any atom is -0.348 e. The van der Waals surface area contributed by atoms with Gasteiger partial charge in [-0.15, -0.1) is 0 Å². The maximum atomic E-state index is 12.7. The highest BCUT2D eigenvalue weighted by Gasteiger charge is 2.57. The van der Waals surface area contributed by atoms with Crippen molar-refractivity contribution in [2.75, 3.05) is 6.54 Å². The molecule has 2 aliphatic carbocycles. The van der Waals surface area contributed by atoms with Gasteiger partial charge in [0.25, 0.3) is 5.91 Å². The number of hydrogen-bond donors (Lipinski definition) is 0. The van der Waals surface area contributed by atoms with E-state index in [4.69, 9.17) is 27.9 Å². The van der Waals surface area contributed by atoms with Crippen LogP contribution in [0.25, 0.3) is 0 Å². The normalized spacial score (nSPS) is 41.7. The van der Waals surface area contributed by atoms with Gasteiger partial charge in [0.15, 0.2) is 4.84 Å². The van der Waals surface area contributed by atoms with Crippen molar-refractivity contribution in [3.8, 4) is 0 Å². The number of ether oxygens (including phenoxy) is 1. The smallest absolute Gasteiger partial charge is 0.258 e. The SMILES string of the molecule is CC1CCCCC12CCN(C(=O)C(Cl)Cl)C1(CCCCC1C)O2. The number of carbonyl (C=O) groups excluding carboxylic acids is 1. The molecule has 0 aromatic carbocycles. The third kappa shape index (κ3) is 3.02. The van der Waals surface area contributed by atoms with E-state index in [2.05, 4.69) is 13.8 Å². The van der Waals surface area contributed by atoms with Crippen molar-refractivity contribution in [2.45, 2.75) is 87.8 Å². The van der Waals surface area contributed by atoms with E-state index in [1.54, 1.807) is 0 Å². The Morgan fingerprint density at radius 3 is 2.30 bits per heavy atom. The van der Waals surface area contributed by atoms with Crippen LogP contribution in [0.5, 0.6) is 0 Å². The minimum atomic E-state index is -0.998. The summed E-state index contributed by atoms with van der Waals surface area (Å²) in [5, 5.41) is 0. The highest BCUT2D eigenvalue weighted by atomic mass is 35.5. The maximum absolute atomic E-state index is 12.7. The average Bonchev–Trinajstić information content (AvgIpc) is 2.53. The lowest BCUT2D eigenvalue weighted by molar-refractivity contribution is -0.304. The predicted molar refractivity (Wildman–Crippen MR) is 93.6 cm³/mol. The van der Waals surface area contributed by atoms with E-state index in [9.17, 15) is 4.79 Å². The summed E-state index contributed by atoms with van der Waals surface area (Å²) in [6, 6.07) is 0. The van der Waals surface area contributed by atoms with Gasteiger partial charge in [0.1, 0.15) is 5.72 Å². The first kappa shape index (κ1) is 17.8. The first-order valence-corrected chi connectivity index (χ1v) is 10.1. The Kier molecular flexibility index (Phi) is 5.21. The monoisotopic (exact) mass is 361 g/mol. The molecule has 23 heavy (non-hydrogen) atoms. The Morgan fingerprint density at radius 1 is 1.04 bits per heavy atom. The van der Waals surface area contributed by atoms with Crippen LogP contribution in [-0.4, -0.2) is 33.5 Å². The first-order chi connectivity index (χ1) is 10.9. The van der Waals surface area contributed by atoms with Gasteiger partial charge < -0.3 is 9.64 Å². The zero-order chi connectivity index (χ0) is 16.7. The molecule has 3 fully saturated rings. The van der Waals surface area contributed by atoms with Gasteiger partial charge in [-0.25, -0.2) is 0 Å². The van der Waals surface area contributed by atoms with Crippen molar-refractivity contribution in [1.82, 2.24) is 4.90 Å². The maximum Gasteiger partial charge on any atom is 0.258 e. The van der Waals surface area contributed by atoms with Gasteiger partial charge in [0, 0.05) is 12.5 Å². The minimum absolute atomic E-state index is 0.0608. The molecule has 0 radical (unpaired) electrons. The lowest BCUT2D eigenvalue weighted by Crippen LogP contribution is -2.68. The molecule has 4 unspecified atom stereocenters. The van der Waals surface area contributed by atoms with Crippen molar-refractivity contribution >= 4 is 29.1 Å². The molecular formula is C18H29Cl2NO2. The molecule has 132 valence electrons. The van der Waals surface area contributed by atoms with Crippen molar-refractivity contribution in [3.63, 3.8) is 0 Å². The molecule has 0 aromatic heterocycles. The van der Waals surface area contributed by atoms with E-state index in [0.29, 0.717) is 11.8 Å². The number of nitrogens with zero attached hydrogens (tertiary/aromatic N) is 1. The zero-order valence-corrected chi connectivity index (χ0v) is 15.8. The van der Waals surface area contributed by atoms with Crippen LogP contribution in [0.4, 0.5) is 0 Å². The number of hydrogen-bond acceptors (Lipinski definition) is 2. The van der Waals surface area contributed by atoms with Crippen molar-refractivity contribution in [1.29, 1.82) is 0 Å². The van der Waals surface area contributed by atoms with Crippen LogP contribution in [0.3, 0.4) is 0 Å². The van der Waals surface area contributed by atoms with Crippen LogP contribution >= 0.6 is 23.2 Å². The molecule has 3 rings (SSSR count). The van der Waals surface area contributed by atoms with Gasteiger partial charge in [-0.05, 0) is 44.4 Å². The highest BCUT2D eigenvalue weighted by molar-refractivity contribution is 6.53. The van der Waals surface area contributed by atoms with Crippen LogP contribution in [0.1, 0.15) is 71.6 Å².